The first-order valence-corrected chi connectivity index (χ1v) is 7.60. The Balaban J connectivity index is 1.94. The molecule has 2 heterocycles. The van der Waals surface area contributed by atoms with E-state index in [1.165, 1.54) is 0 Å². The fourth-order valence-corrected chi connectivity index (χ4v) is 5.03. The quantitative estimate of drug-likeness (QED) is 0.430. The third-order valence-electron chi connectivity index (χ3n) is 3.20. The Hall–Kier alpha value is 0.110. The molecular weight excluding hydrogens is 209 g/mol. The zero-order chi connectivity index (χ0) is 11.1. The first-order chi connectivity index (χ1) is 7.09. The molecule has 0 aromatic rings. The van der Waals surface area contributed by atoms with Crippen molar-refractivity contribution in [2.45, 2.75) is 45.7 Å². The lowest BCUT2D eigenvalue weighted by molar-refractivity contribution is 0.487. The average molecular weight is 231 g/mol. The fourth-order valence-electron chi connectivity index (χ4n) is 1.93. The van der Waals surface area contributed by atoms with Crippen LogP contribution in [-0.4, -0.2) is 41.1 Å². The summed E-state index contributed by atoms with van der Waals surface area (Å²) in [7, 11) is -2.37. The van der Waals surface area contributed by atoms with Gasteiger partial charge in [0.1, 0.15) is 0 Å². The maximum absolute atomic E-state index is 12.8. The minimum Gasteiger partial charge on any atom is -0.270 e. The van der Waals surface area contributed by atoms with Crippen molar-refractivity contribution in [2.75, 3.05) is 19.6 Å². The van der Waals surface area contributed by atoms with E-state index in [1.54, 1.807) is 0 Å². The van der Waals surface area contributed by atoms with Gasteiger partial charge >= 0.3 is 0 Å². The molecule has 2 rings (SSSR count). The van der Waals surface area contributed by atoms with Crippen molar-refractivity contribution in [3.8, 4) is 0 Å². The van der Waals surface area contributed by atoms with Gasteiger partial charge in [0, 0.05) is 31.7 Å². The van der Waals surface area contributed by atoms with Gasteiger partial charge < -0.3 is 0 Å². The summed E-state index contributed by atoms with van der Waals surface area (Å²) in [5.41, 5.74) is 0. The maximum Gasteiger partial charge on any atom is 0.284 e. The smallest absolute Gasteiger partial charge is 0.270 e. The standard InChI is InChI=1S/C10H22N3OP/c1-4-5-6-11-15(14,12-7-9(12)2)13-8-10(13)3/h9-10H,4-8H2,1-3H3,(H,11,14)/t9-,10-,12?,13?,15?/m0/s1. The Labute approximate surface area is 92.5 Å². The molecule has 4 atom stereocenters. The number of nitrogens with zero attached hydrogens (tertiary/aromatic N) is 2. The number of nitrogens with one attached hydrogen (secondary N) is 1. The molecule has 4 nitrogen and oxygen atoms in total. The number of hydrogen-bond donors (Lipinski definition) is 1. The van der Waals surface area contributed by atoms with E-state index >= 15 is 0 Å². The Kier molecular flexibility index (Phi) is 3.22. The first-order valence-electron chi connectivity index (χ1n) is 5.99. The minimum absolute atomic E-state index is 0.498. The third kappa shape index (κ3) is 2.28. The second-order valence-corrected chi connectivity index (χ2v) is 7.18. The van der Waals surface area contributed by atoms with Gasteiger partial charge in [-0.15, -0.1) is 0 Å². The first kappa shape index (κ1) is 11.6. The van der Waals surface area contributed by atoms with Crippen molar-refractivity contribution in [1.82, 2.24) is 14.4 Å². The summed E-state index contributed by atoms with van der Waals surface area (Å²) in [6, 6.07) is 0.996. The van der Waals surface area contributed by atoms with Gasteiger partial charge in [0.05, 0.1) is 0 Å². The maximum atomic E-state index is 12.8. The van der Waals surface area contributed by atoms with E-state index in [0.29, 0.717) is 12.1 Å². The van der Waals surface area contributed by atoms with Crippen molar-refractivity contribution < 1.29 is 4.57 Å². The normalized spacial score (nSPS) is 42.3. The molecule has 2 aliphatic rings. The van der Waals surface area contributed by atoms with Gasteiger partial charge in [0.2, 0.25) is 0 Å². The summed E-state index contributed by atoms with van der Waals surface area (Å²) in [5, 5.41) is 3.29. The highest BCUT2D eigenvalue weighted by molar-refractivity contribution is 7.57. The van der Waals surface area contributed by atoms with Crippen molar-refractivity contribution in [3.63, 3.8) is 0 Å². The molecule has 0 bridgehead atoms. The van der Waals surface area contributed by atoms with E-state index in [0.717, 1.165) is 32.5 Å². The van der Waals surface area contributed by atoms with Crippen LogP contribution in [0.25, 0.3) is 0 Å². The molecule has 2 aliphatic heterocycles. The molecule has 5 heteroatoms. The van der Waals surface area contributed by atoms with Crippen LogP contribution < -0.4 is 5.09 Å². The molecule has 0 saturated carbocycles. The minimum atomic E-state index is -2.37. The second-order valence-electron chi connectivity index (χ2n) is 4.75. The summed E-state index contributed by atoms with van der Waals surface area (Å²) in [6.07, 6.45) is 2.26. The van der Waals surface area contributed by atoms with Crippen LogP contribution in [0.2, 0.25) is 0 Å². The topological polar surface area (TPSA) is 35.1 Å². The van der Waals surface area contributed by atoms with E-state index in [9.17, 15) is 4.57 Å². The van der Waals surface area contributed by atoms with Gasteiger partial charge in [-0.05, 0) is 20.3 Å². The van der Waals surface area contributed by atoms with Gasteiger partial charge in [-0.3, -0.25) is 4.57 Å². The molecular formula is C10H22N3OP. The van der Waals surface area contributed by atoms with Crippen LogP contribution in [0.5, 0.6) is 0 Å². The van der Waals surface area contributed by atoms with E-state index < -0.39 is 7.59 Å². The van der Waals surface area contributed by atoms with Crippen molar-refractivity contribution in [3.05, 3.63) is 0 Å². The van der Waals surface area contributed by atoms with E-state index in [1.807, 2.05) is 0 Å². The SMILES string of the molecule is CCCCNP(=O)(N1C[C@@H]1C)N1C[C@@H]1C. The van der Waals surface area contributed by atoms with Crippen LogP contribution in [0.3, 0.4) is 0 Å². The van der Waals surface area contributed by atoms with E-state index in [2.05, 4.69) is 35.2 Å². The molecule has 0 radical (unpaired) electrons. The molecule has 15 heavy (non-hydrogen) atoms. The summed E-state index contributed by atoms with van der Waals surface area (Å²) in [5.74, 6) is 0. The molecule has 2 unspecified atom stereocenters. The second kappa shape index (κ2) is 4.17. The Bertz CT molecular complexity index is 264. The van der Waals surface area contributed by atoms with Crippen LogP contribution in [0.1, 0.15) is 33.6 Å². The third-order valence-corrected chi connectivity index (χ3v) is 6.34. The van der Waals surface area contributed by atoms with Crippen LogP contribution in [0.4, 0.5) is 0 Å². The Morgan fingerprint density at radius 2 is 1.73 bits per heavy atom. The van der Waals surface area contributed by atoms with Gasteiger partial charge in [-0.25, -0.2) is 14.4 Å². The summed E-state index contributed by atoms with van der Waals surface area (Å²) in [6.45, 7) is 9.29. The summed E-state index contributed by atoms with van der Waals surface area (Å²) >= 11 is 0. The van der Waals surface area contributed by atoms with Crippen LogP contribution >= 0.6 is 7.59 Å². The predicted molar refractivity (Wildman–Crippen MR) is 62.9 cm³/mol. The van der Waals surface area contributed by atoms with Crippen LogP contribution in [0, 0.1) is 0 Å². The fraction of sp³-hybridized carbons (Fsp3) is 1.00. The highest BCUT2D eigenvalue weighted by Crippen LogP contribution is 2.61. The molecule has 88 valence electrons. The molecule has 0 aromatic heterocycles. The highest BCUT2D eigenvalue weighted by atomic mass is 31.2. The van der Waals surface area contributed by atoms with Crippen molar-refractivity contribution in [2.24, 2.45) is 0 Å². The van der Waals surface area contributed by atoms with Gasteiger partial charge in [-0.1, -0.05) is 13.3 Å². The molecule has 2 fully saturated rings. The zero-order valence-corrected chi connectivity index (χ0v) is 10.8. The zero-order valence-electron chi connectivity index (χ0n) is 9.94. The number of hydrogen-bond acceptors (Lipinski definition) is 1. The summed E-state index contributed by atoms with van der Waals surface area (Å²) in [4.78, 5) is 0. The molecule has 1 N–H and O–H groups in total. The molecule has 2 saturated heterocycles. The van der Waals surface area contributed by atoms with Crippen molar-refractivity contribution in [1.29, 1.82) is 0 Å². The molecule has 0 spiro atoms. The largest absolute Gasteiger partial charge is 0.284 e. The van der Waals surface area contributed by atoms with Crippen molar-refractivity contribution >= 4 is 7.59 Å². The molecule has 0 aliphatic carbocycles. The lowest BCUT2D eigenvalue weighted by atomic mass is 10.3. The van der Waals surface area contributed by atoms with Gasteiger partial charge in [-0.2, -0.15) is 0 Å². The predicted octanol–water partition coefficient (Wildman–Crippen LogP) is 1.89. The van der Waals surface area contributed by atoms with Gasteiger partial charge in [0.15, 0.2) is 0 Å². The lowest BCUT2D eigenvalue weighted by Gasteiger charge is -2.22. The number of unbranched alkanes of at least 4 members (excludes halogenated alkanes) is 1. The summed E-state index contributed by atoms with van der Waals surface area (Å²) < 4.78 is 17.0. The van der Waals surface area contributed by atoms with Crippen LogP contribution in [0.15, 0.2) is 0 Å². The molecule has 0 amide bonds. The van der Waals surface area contributed by atoms with Crippen LogP contribution in [-0.2, 0) is 4.57 Å². The highest BCUT2D eigenvalue weighted by Gasteiger charge is 2.54. The number of rotatable bonds is 6. The van der Waals surface area contributed by atoms with E-state index in [4.69, 9.17) is 0 Å². The Morgan fingerprint density at radius 3 is 2.07 bits per heavy atom. The average Bonchev–Trinajstić information content (AvgIpc) is 3.05. The Morgan fingerprint density at radius 1 is 1.27 bits per heavy atom. The lowest BCUT2D eigenvalue weighted by Crippen LogP contribution is -2.23. The van der Waals surface area contributed by atoms with E-state index in [-0.39, 0.29) is 0 Å². The monoisotopic (exact) mass is 231 g/mol. The van der Waals surface area contributed by atoms with Gasteiger partial charge in [0.25, 0.3) is 7.59 Å². The molecule has 0 aromatic carbocycles.